The minimum atomic E-state index is -0.724. The van der Waals surface area contributed by atoms with Gasteiger partial charge < -0.3 is 5.11 Å². The van der Waals surface area contributed by atoms with Crippen LogP contribution in [0, 0.1) is 0 Å². The summed E-state index contributed by atoms with van der Waals surface area (Å²) in [4.78, 5) is 0.782. The SMILES string of the molecule is CC(C)(C)c1nnsc1C(O)c1cccc(Cl)c1. The van der Waals surface area contributed by atoms with Crippen molar-refractivity contribution in [2.24, 2.45) is 0 Å². The first-order valence-corrected chi connectivity index (χ1v) is 6.81. The summed E-state index contributed by atoms with van der Waals surface area (Å²) >= 11 is 7.17. The summed E-state index contributed by atoms with van der Waals surface area (Å²) in [6, 6.07) is 7.22. The van der Waals surface area contributed by atoms with Crippen LogP contribution in [0.15, 0.2) is 24.3 Å². The predicted octanol–water partition coefficient (Wildman–Crippen LogP) is 3.57. The van der Waals surface area contributed by atoms with Gasteiger partial charge in [-0.25, -0.2) is 0 Å². The highest BCUT2D eigenvalue weighted by Crippen LogP contribution is 2.34. The van der Waals surface area contributed by atoms with Gasteiger partial charge >= 0.3 is 0 Å². The third kappa shape index (κ3) is 2.71. The topological polar surface area (TPSA) is 46.0 Å². The zero-order chi connectivity index (χ0) is 13.3. The molecule has 0 saturated carbocycles. The van der Waals surface area contributed by atoms with Crippen molar-refractivity contribution < 1.29 is 5.11 Å². The van der Waals surface area contributed by atoms with Crippen LogP contribution in [0.2, 0.25) is 5.02 Å². The Morgan fingerprint density at radius 1 is 1.33 bits per heavy atom. The minimum absolute atomic E-state index is 0.137. The third-order valence-corrected chi connectivity index (χ3v) is 3.65. The van der Waals surface area contributed by atoms with E-state index >= 15 is 0 Å². The molecule has 1 N–H and O–H groups in total. The number of hydrogen-bond acceptors (Lipinski definition) is 4. The lowest BCUT2D eigenvalue weighted by Crippen LogP contribution is -2.16. The van der Waals surface area contributed by atoms with Crippen LogP contribution >= 0.6 is 23.1 Å². The molecule has 1 aromatic carbocycles. The minimum Gasteiger partial charge on any atom is -0.383 e. The molecule has 2 rings (SSSR count). The molecule has 1 atom stereocenters. The normalized spacial score (nSPS) is 13.6. The third-order valence-electron chi connectivity index (χ3n) is 2.64. The fourth-order valence-corrected chi connectivity index (χ4v) is 2.80. The van der Waals surface area contributed by atoms with Gasteiger partial charge in [-0.05, 0) is 29.2 Å². The van der Waals surface area contributed by atoms with Gasteiger partial charge in [-0.3, -0.25) is 0 Å². The Morgan fingerprint density at radius 3 is 2.67 bits per heavy atom. The molecule has 3 nitrogen and oxygen atoms in total. The van der Waals surface area contributed by atoms with Gasteiger partial charge in [0.05, 0.1) is 10.6 Å². The lowest BCUT2D eigenvalue weighted by Gasteiger charge is -2.19. The van der Waals surface area contributed by atoms with Crippen molar-refractivity contribution in [2.75, 3.05) is 0 Å². The molecule has 0 saturated heterocycles. The van der Waals surface area contributed by atoms with Crippen LogP contribution in [-0.4, -0.2) is 14.7 Å². The van der Waals surface area contributed by atoms with E-state index in [9.17, 15) is 5.11 Å². The van der Waals surface area contributed by atoms with Crippen LogP contribution in [0.4, 0.5) is 0 Å². The van der Waals surface area contributed by atoms with E-state index in [1.165, 1.54) is 11.5 Å². The first-order chi connectivity index (χ1) is 8.39. The largest absolute Gasteiger partial charge is 0.383 e. The first-order valence-electron chi connectivity index (χ1n) is 5.66. The molecule has 0 amide bonds. The average Bonchev–Trinajstić information content (AvgIpc) is 2.76. The number of aliphatic hydroxyl groups excluding tert-OH is 1. The molecule has 1 unspecified atom stereocenters. The molecule has 0 bridgehead atoms. The maximum absolute atomic E-state index is 10.4. The van der Waals surface area contributed by atoms with E-state index in [0.29, 0.717) is 5.02 Å². The molecule has 18 heavy (non-hydrogen) atoms. The smallest absolute Gasteiger partial charge is 0.117 e. The van der Waals surface area contributed by atoms with Crippen LogP contribution in [0.5, 0.6) is 0 Å². The number of benzene rings is 1. The van der Waals surface area contributed by atoms with E-state index in [0.717, 1.165) is 16.1 Å². The number of aliphatic hydroxyl groups is 1. The van der Waals surface area contributed by atoms with Gasteiger partial charge in [-0.1, -0.05) is 49.0 Å². The Hall–Kier alpha value is -0.970. The maximum Gasteiger partial charge on any atom is 0.117 e. The highest BCUT2D eigenvalue weighted by atomic mass is 35.5. The molecule has 2 aromatic rings. The molecule has 0 fully saturated rings. The Labute approximate surface area is 116 Å². The van der Waals surface area contributed by atoms with Crippen molar-refractivity contribution >= 4 is 23.1 Å². The fourth-order valence-electron chi connectivity index (χ4n) is 1.72. The number of aromatic nitrogens is 2. The molecule has 1 heterocycles. The van der Waals surface area contributed by atoms with E-state index in [-0.39, 0.29) is 5.41 Å². The summed E-state index contributed by atoms with van der Waals surface area (Å²) in [5, 5.41) is 15.2. The Bertz CT molecular complexity index is 548. The average molecular weight is 283 g/mol. The highest BCUT2D eigenvalue weighted by Gasteiger charge is 2.27. The zero-order valence-electron chi connectivity index (χ0n) is 10.5. The summed E-state index contributed by atoms with van der Waals surface area (Å²) < 4.78 is 3.96. The van der Waals surface area contributed by atoms with Crippen molar-refractivity contribution in [3.05, 3.63) is 45.4 Å². The molecule has 1 aromatic heterocycles. The Morgan fingerprint density at radius 2 is 2.06 bits per heavy atom. The van der Waals surface area contributed by atoms with Crippen LogP contribution in [-0.2, 0) is 5.41 Å². The zero-order valence-corrected chi connectivity index (χ0v) is 12.1. The highest BCUT2D eigenvalue weighted by molar-refractivity contribution is 7.05. The van der Waals surface area contributed by atoms with E-state index in [4.69, 9.17) is 11.6 Å². The van der Waals surface area contributed by atoms with Gasteiger partial charge in [0.25, 0.3) is 0 Å². The molecule has 0 aliphatic heterocycles. The van der Waals surface area contributed by atoms with Crippen LogP contribution in [0.1, 0.15) is 43.0 Å². The van der Waals surface area contributed by atoms with Gasteiger partial charge in [-0.15, -0.1) is 5.10 Å². The Kier molecular flexibility index (Phi) is 3.71. The van der Waals surface area contributed by atoms with Crippen molar-refractivity contribution in [1.82, 2.24) is 9.59 Å². The molecule has 0 radical (unpaired) electrons. The number of halogens is 1. The van der Waals surface area contributed by atoms with Crippen molar-refractivity contribution in [3.8, 4) is 0 Å². The number of rotatable bonds is 2. The van der Waals surface area contributed by atoms with Crippen molar-refractivity contribution in [2.45, 2.75) is 32.3 Å². The fraction of sp³-hybridized carbons (Fsp3) is 0.385. The van der Waals surface area contributed by atoms with E-state index in [2.05, 4.69) is 30.4 Å². The lowest BCUT2D eigenvalue weighted by atomic mass is 9.89. The molecule has 96 valence electrons. The molecule has 0 spiro atoms. The van der Waals surface area contributed by atoms with Crippen molar-refractivity contribution in [3.63, 3.8) is 0 Å². The molecule has 0 aliphatic rings. The second-order valence-corrected chi connectivity index (χ2v) is 6.42. The van der Waals surface area contributed by atoms with Crippen LogP contribution in [0.25, 0.3) is 0 Å². The van der Waals surface area contributed by atoms with Gasteiger partial charge in [0.15, 0.2) is 0 Å². The summed E-state index contributed by atoms with van der Waals surface area (Å²) in [5.41, 5.74) is 1.46. The van der Waals surface area contributed by atoms with E-state index < -0.39 is 6.10 Å². The summed E-state index contributed by atoms with van der Waals surface area (Å²) in [5.74, 6) is 0. The molecular formula is C13H15ClN2OS. The standard InChI is InChI=1S/C13H15ClN2OS/c1-13(2,3)12-11(18-16-15-12)10(17)8-5-4-6-9(14)7-8/h4-7,10,17H,1-3H3. The second-order valence-electron chi connectivity index (χ2n) is 5.19. The summed E-state index contributed by atoms with van der Waals surface area (Å²) in [6.45, 7) is 6.16. The quantitative estimate of drug-likeness (QED) is 0.916. The van der Waals surface area contributed by atoms with Gasteiger partial charge in [0.1, 0.15) is 6.10 Å². The summed E-state index contributed by atoms with van der Waals surface area (Å²) in [6.07, 6.45) is -0.724. The second kappa shape index (κ2) is 4.96. The molecular weight excluding hydrogens is 268 g/mol. The molecule has 0 aliphatic carbocycles. The van der Waals surface area contributed by atoms with Gasteiger partial charge in [0.2, 0.25) is 0 Å². The first kappa shape index (κ1) is 13.5. The van der Waals surface area contributed by atoms with E-state index in [1.807, 2.05) is 12.1 Å². The summed E-state index contributed by atoms with van der Waals surface area (Å²) in [7, 11) is 0. The number of hydrogen-bond donors (Lipinski definition) is 1. The molecule has 5 heteroatoms. The number of nitrogens with zero attached hydrogens (tertiary/aromatic N) is 2. The Balaban J connectivity index is 2.41. The lowest BCUT2D eigenvalue weighted by molar-refractivity contribution is 0.221. The predicted molar refractivity (Wildman–Crippen MR) is 74.1 cm³/mol. The van der Waals surface area contributed by atoms with Crippen LogP contribution < -0.4 is 0 Å². The van der Waals surface area contributed by atoms with Crippen molar-refractivity contribution in [1.29, 1.82) is 0 Å². The maximum atomic E-state index is 10.4. The van der Waals surface area contributed by atoms with Gasteiger partial charge in [-0.2, -0.15) is 0 Å². The monoisotopic (exact) mass is 282 g/mol. The van der Waals surface area contributed by atoms with Crippen LogP contribution in [0.3, 0.4) is 0 Å². The van der Waals surface area contributed by atoms with Gasteiger partial charge in [0, 0.05) is 10.4 Å². The van der Waals surface area contributed by atoms with E-state index in [1.54, 1.807) is 12.1 Å².